The van der Waals surface area contributed by atoms with Crippen LogP contribution in [0.4, 0.5) is 5.69 Å². The summed E-state index contributed by atoms with van der Waals surface area (Å²) in [6, 6.07) is 4.76. The van der Waals surface area contributed by atoms with E-state index in [0.29, 0.717) is 28.2 Å². The number of carbonyl (C=O) groups is 2. The first kappa shape index (κ1) is 29.8. The van der Waals surface area contributed by atoms with E-state index in [1.807, 2.05) is 19.2 Å². The Balaban J connectivity index is 0.00000145. The van der Waals surface area contributed by atoms with Crippen LogP contribution in [0.5, 0.6) is 0 Å². The van der Waals surface area contributed by atoms with Crippen LogP contribution in [0, 0.1) is 6.92 Å². The molecular formula is C25H38ClN5O4S. The fourth-order valence-corrected chi connectivity index (χ4v) is 5.90. The van der Waals surface area contributed by atoms with Crippen molar-refractivity contribution in [2.75, 3.05) is 31.8 Å². The summed E-state index contributed by atoms with van der Waals surface area (Å²) >= 11 is 7.96. The quantitative estimate of drug-likeness (QED) is 0.346. The van der Waals surface area contributed by atoms with Crippen molar-refractivity contribution in [1.29, 1.82) is 0 Å². The minimum Gasteiger partial charge on any atom is -0.483 e. The van der Waals surface area contributed by atoms with Gasteiger partial charge in [0.15, 0.2) is 0 Å². The lowest BCUT2D eigenvalue weighted by atomic mass is 9.89. The molecule has 0 radical (unpaired) electrons. The molecule has 0 bridgehead atoms. The van der Waals surface area contributed by atoms with Gasteiger partial charge in [0.05, 0.1) is 12.1 Å². The number of aryl methyl sites for hydroxylation is 1. The Morgan fingerprint density at radius 3 is 2.39 bits per heavy atom. The predicted molar refractivity (Wildman–Crippen MR) is 147 cm³/mol. The summed E-state index contributed by atoms with van der Waals surface area (Å²) in [5.74, 6) is -0.223. The number of halogens is 1. The third kappa shape index (κ3) is 7.08. The van der Waals surface area contributed by atoms with Gasteiger partial charge in [0.25, 0.3) is 17.9 Å². The number of rotatable bonds is 8. The minimum absolute atomic E-state index is 0.165. The second kappa shape index (κ2) is 13.8. The molecule has 0 saturated heterocycles. The van der Waals surface area contributed by atoms with Gasteiger partial charge in [-0.15, -0.1) is 11.8 Å². The Labute approximate surface area is 222 Å². The van der Waals surface area contributed by atoms with Gasteiger partial charge in [-0.1, -0.05) is 11.6 Å². The molecule has 0 atom stereocenters. The zero-order valence-corrected chi connectivity index (χ0v) is 23.5. The number of nitrogens with zero attached hydrogens (tertiary/aromatic N) is 3. The van der Waals surface area contributed by atoms with Crippen molar-refractivity contribution < 1.29 is 14.7 Å². The summed E-state index contributed by atoms with van der Waals surface area (Å²) in [6.07, 6.45) is 6.50. The van der Waals surface area contributed by atoms with Crippen LogP contribution in [0.1, 0.15) is 54.1 Å². The number of hydrogen-bond acceptors (Lipinski definition) is 6. The number of hydrogen-bond donors (Lipinski definition) is 3. The highest BCUT2D eigenvalue weighted by molar-refractivity contribution is 7.98. The molecule has 1 aliphatic rings. The molecule has 3 N–H and O–H groups in total. The van der Waals surface area contributed by atoms with Crippen molar-refractivity contribution in [1.82, 2.24) is 20.0 Å². The summed E-state index contributed by atoms with van der Waals surface area (Å²) in [6.45, 7) is 4.91. The molecule has 1 aromatic carbocycles. The van der Waals surface area contributed by atoms with E-state index in [-0.39, 0.29) is 24.5 Å². The van der Waals surface area contributed by atoms with Gasteiger partial charge in [0, 0.05) is 41.9 Å². The fraction of sp³-hybridized carbons (Fsp3) is 0.560. The number of benzene rings is 1. The van der Waals surface area contributed by atoms with Gasteiger partial charge in [-0.3, -0.25) is 24.2 Å². The van der Waals surface area contributed by atoms with Gasteiger partial charge in [-0.2, -0.15) is 0 Å². The Kier molecular flexibility index (Phi) is 11.4. The van der Waals surface area contributed by atoms with E-state index < -0.39 is 0 Å². The van der Waals surface area contributed by atoms with Crippen LogP contribution in [0.3, 0.4) is 0 Å². The lowest BCUT2D eigenvalue weighted by Crippen LogP contribution is -2.42. The normalized spacial score (nSPS) is 17.3. The van der Waals surface area contributed by atoms with Gasteiger partial charge >= 0.3 is 0 Å². The summed E-state index contributed by atoms with van der Waals surface area (Å²) in [5, 5.41) is 13.9. The van der Waals surface area contributed by atoms with E-state index in [1.165, 1.54) is 24.6 Å². The maximum Gasteiger partial charge on any atom is 0.290 e. The highest BCUT2D eigenvalue weighted by atomic mass is 35.5. The van der Waals surface area contributed by atoms with Gasteiger partial charge in [-0.25, -0.2) is 0 Å². The van der Waals surface area contributed by atoms with Crippen molar-refractivity contribution in [2.45, 2.75) is 63.2 Å². The third-order valence-electron chi connectivity index (χ3n) is 6.80. The Morgan fingerprint density at radius 1 is 1.28 bits per heavy atom. The number of carbonyl (C=O) groups excluding carboxylic acids is 1. The van der Waals surface area contributed by atoms with Crippen LogP contribution < -0.4 is 15.8 Å². The molecule has 0 unspecified atom stereocenters. The molecule has 1 aromatic heterocycles. The SMILES string of the molecule is CCN(c1cc(Cl)cc(C(=O)NCc2c(SC)n(C)[nH]c2=O)c1C)[C@H]1CC[C@H](N(C)C)CC1.O=CO. The van der Waals surface area contributed by atoms with Crippen LogP contribution in [0.15, 0.2) is 22.0 Å². The largest absolute Gasteiger partial charge is 0.483 e. The molecule has 9 nitrogen and oxygen atoms in total. The van der Waals surface area contributed by atoms with Crippen molar-refractivity contribution in [2.24, 2.45) is 7.05 Å². The summed E-state index contributed by atoms with van der Waals surface area (Å²) in [4.78, 5) is 38.5. The molecule has 1 saturated carbocycles. The Morgan fingerprint density at radius 2 is 1.86 bits per heavy atom. The number of amides is 1. The molecule has 1 amide bonds. The second-order valence-electron chi connectivity index (χ2n) is 9.09. The average Bonchev–Trinajstić information content (AvgIpc) is 3.12. The van der Waals surface area contributed by atoms with Crippen molar-refractivity contribution >= 4 is 41.4 Å². The molecule has 1 aliphatic carbocycles. The Bertz CT molecular complexity index is 1090. The number of aromatic amines is 1. The average molecular weight is 540 g/mol. The van der Waals surface area contributed by atoms with Gasteiger partial charge in [-0.05, 0) is 77.6 Å². The predicted octanol–water partition coefficient (Wildman–Crippen LogP) is 3.73. The maximum absolute atomic E-state index is 13.1. The van der Waals surface area contributed by atoms with E-state index in [9.17, 15) is 9.59 Å². The zero-order valence-electron chi connectivity index (χ0n) is 21.9. The minimum atomic E-state index is -0.250. The summed E-state index contributed by atoms with van der Waals surface area (Å²) in [7, 11) is 6.09. The van der Waals surface area contributed by atoms with E-state index in [2.05, 4.69) is 41.2 Å². The highest BCUT2D eigenvalue weighted by Gasteiger charge is 2.28. The number of carboxylic acid groups (broad SMARTS) is 1. The third-order valence-corrected chi connectivity index (χ3v) is 7.93. The van der Waals surface area contributed by atoms with E-state index in [4.69, 9.17) is 21.5 Å². The van der Waals surface area contributed by atoms with Gasteiger partial charge in [0.1, 0.15) is 5.03 Å². The number of H-pyrrole nitrogens is 1. The molecule has 3 rings (SSSR count). The van der Waals surface area contributed by atoms with E-state index in [1.54, 1.807) is 17.8 Å². The van der Waals surface area contributed by atoms with Crippen LogP contribution in [-0.4, -0.2) is 71.1 Å². The standard InChI is InChI=1S/C24H36ClN5O2S.CH2O2/c1-7-30(18-10-8-17(9-11-18)28(3)4)21-13-16(25)12-19(15(21)2)22(31)26-14-20-23(32)27-29(5)24(20)33-6;2-1-3/h12-13,17-18H,7-11,14H2,1-6H3,(H,26,31)(H,27,32);1H,(H,2,3)/t17-,18-;. The monoisotopic (exact) mass is 539 g/mol. The number of nitrogens with one attached hydrogen (secondary N) is 2. The number of aromatic nitrogens is 2. The molecule has 1 fully saturated rings. The molecule has 36 heavy (non-hydrogen) atoms. The van der Waals surface area contributed by atoms with Gasteiger partial charge in [0.2, 0.25) is 0 Å². The van der Waals surface area contributed by atoms with Crippen LogP contribution in [0.25, 0.3) is 0 Å². The molecular weight excluding hydrogens is 502 g/mol. The molecule has 2 aromatic rings. The van der Waals surface area contributed by atoms with Gasteiger partial charge < -0.3 is 20.2 Å². The topological polar surface area (TPSA) is 111 Å². The van der Waals surface area contributed by atoms with E-state index >= 15 is 0 Å². The van der Waals surface area contributed by atoms with Crippen molar-refractivity contribution in [3.05, 3.63) is 44.2 Å². The Hall–Kier alpha value is -2.43. The summed E-state index contributed by atoms with van der Waals surface area (Å²) < 4.78 is 1.68. The van der Waals surface area contributed by atoms with E-state index in [0.717, 1.165) is 35.7 Å². The number of anilines is 1. The molecule has 0 spiro atoms. The molecule has 1 heterocycles. The second-order valence-corrected chi connectivity index (χ2v) is 10.3. The summed E-state index contributed by atoms with van der Waals surface area (Å²) in [5.41, 5.74) is 2.87. The lowest BCUT2D eigenvalue weighted by molar-refractivity contribution is -0.122. The van der Waals surface area contributed by atoms with Crippen LogP contribution >= 0.6 is 23.4 Å². The maximum atomic E-state index is 13.1. The molecule has 11 heteroatoms. The van der Waals surface area contributed by atoms with Crippen LogP contribution in [-0.2, 0) is 18.4 Å². The first-order valence-electron chi connectivity index (χ1n) is 12.0. The highest BCUT2D eigenvalue weighted by Crippen LogP contribution is 2.34. The number of thioether (sulfide) groups is 1. The lowest BCUT2D eigenvalue weighted by Gasteiger charge is -2.40. The molecule has 200 valence electrons. The fourth-order valence-electron chi connectivity index (χ4n) is 4.96. The first-order chi connectivity index (χ1) is 17.1. The van der Waals surface area contributed by atoms with Crippen molar-refractivity contribution in [3.63, 3.8) is 0 Å². The zero-order chi connectivity index (χ0) is 27.0. The van der Waals surface area contributed by atoms with Crippen LogP contribution in [0.2, 0.25) is 5.02 Å². The smallest absolute Gasteiger partial charge is 0.290 e. The molecule has 0 aliphatic heterocycles. The first-order valence-corrected chi connectivity index (χ1v) is 13.6. The van der Waals surface area contributed by atoms with Crippen molar-refractivity contribution in [3.8, 4) is 0 Å².